The minimum atomic E-state index is 0.659. The normalized spacial score (nSPS) is 12.0. The van der Waals surface area contributed by atoms with Gasteiger partial charge in [0.05, 0.1) is 11.4 Å². The molecule has 53 heavy (non-hydrogen) atoms. The first-order valence-corrected chi connectivity index (χ1v) is 18.1. The van der Waals surface area contributed by atoms with E-state index in [4.69, 9.17) is 9.97 Å². The fourth-order valence-electron chi connectivity index (χ4n) is 7.54. The topological polar surface area (TPSA) is 25.8 Å². The predicted octanol–water partition coefficient (Wildman–Crippen LogP) is 13.8. The second-order valence-corrected chi connectivity index (χ2v) is 13.4. The second kappa shape index (κ2) is 13.7. The Balaban J connectivity index is 1.05. The molecular formula is C51H36N2. The smallest absolute Gasteiger partial charge is 0.160 e. The van der Waals surface area contributed by atoms with E-state index in [1.807, 2.05) is 31.2 Å². The molecule has 1 aliphatic rings. The Morgan fingerprint density at radius 1 is 0.453 bits per heavy atom. The van der Waals surface area contributed by atoms with Gasteiger partial charge in [-0.3, -0.25) is 0 Å². The highest BCUT2D eigenvalue weighted by atomic mass is 14.9. The molecule has 0 saturated carbocycles. The Hall–Kier alpha value is -6.90. The van der Waals surface area contributed by atoms with Gasteiger partial charge in [-0.15, -0.1) is 0 Å². The lowest BCUT2D eigenvalue weighted by atomic mass is 9.94. The van der Waals surface area contributed by atoms with E-state index in [2.05, 4.69) is 164 Å². The van der Waals surface area contributed by atoms with Gasteiger partial charge in [-0.25, -0.2) is 9.97 Å². The highest BCUT2D eigenvalue weighted by Gasteiger charge is 2.21. The molecule has 0 aliphatic heterocycles. The second-order valence-electron chi connectivity index (χ2n) is 13.4. The minimum absolute atomic E-state index is 0.659. The molecule has 0 bridgehead atoms. The van der Waals surface area contributed by atoms with Crippen LogP contribution in [0.1, 0.15) is 12.7 Å². The molecule has 0 spiro atoms. The van der Waals surface area contributed by atoms with Crippen molar-refractivity contribution < 1.29 is 0 Å². The van der Waals surface area contributed by atoms with Crippen molar-refractivity contribution in [2.24, 2.45) is 0 Å². The summed E-state index contributed by atoms with van der Waals surface area (Å²) in [6.07, 6.45) is 7.77. The third-order valence-corrected chi connectivity index (χ3v) is 10.1. The molecule has 1 aromatic heterocycles. The van der Waals surface area contributed by atoms with Crippen LogP contribution < -0.4 is 0 Å². The van der Waals surface area contributed by atoms with Gasteiger partial charge in [-0.1, -0.05) is 170 Å². The van der Waals surface area contributed by atoms with Crippen LogP contribution in [0.3, 0.4) is 0 Å². The minimum Gasteiger partial charge on any atom is -0.228 e. The van der Waals surface area contributed by atoms with E-state index >= 15 is 0 Å². The van der Waals surface area contributed by atoms with E-state index in [0.29, 0.717) is 5.82 Å². The molecule has 0 N–H and O–H groups in total. The monoisotopic (exact) mass is 676 g/mol. The Labute approximate surface area is 310 Å². The van der Waals surface area contributed by atoms with Crippen molar-refractivity contribution in [2.45, 2.75) is 6.92 Å². The fraction of sp³-hybridized carbons (Fsp3) is 0.0196. The molecule has 0 unspecified atom stereocenters. The van der Waals surface area contributed by atoms with Crippen molar-refractivity contribution in [3.05, 3.63) is 200 Å². The molecule has 0 fully saturated rings. The Kier molecular flexibility index (Phi) is 8.26. The number of benzene rings is 7. The molecule has 0 amide bonds. The lowest BCUT2D eigenvalue weighted by molar-refractivity contribution is 1.13. The van der Waals surface area contributed by atoms with Gasteiger partial charge < -0.3 is 0 Å². The van der Waals surface area contributed by atoms with Crippen LogP contribution in [0.4, 0.5) is 0 Å². The van der Waals surface area contributed by atoms with Crippen molar-refractivity contribution in [1.29, 1.82) is 0 Å². The number of hydrogen-bond acceptors (Lipinski definition) is 2. The fourth-order valence-corrected chi connectivity index (χ4v) is 7.54. The third-order valence-electron chi connectivity index (χ3n) is 10.1. The molecule has 0 atom stereocenters. The summed E-state index contributed by atoms with van der Waals surface area (Å²) < 4.78 is 0. The van der Waals surface area contributed by atoms with Crippen LogP contribution in [-0.2, 0) is 0 Å². The van der Waals surface area contributed by atoms with Gasteiger partial charge in [0.2, 0.25) is 0 Å². The zero-order valence-electron chi connectivity index (χ0n) is 29.5. The van der Waals surface area contributed by atoms with Crippen LogP contribution in [0.2, 0.25) is 0 Å². The number of aromatic nitrogens is 2. The van der Waals surface area contributed by atoms with Gasteiger partial charge in [0.25, 0.3) is 0 Å². The number of rotatable bonds is 8. The van der Waals surface area contributed by atoms with E-state index in [1.54, 1.807) is 6.08 Å². The maximum absolute atomic E-state index is 5.07. The molecule has 250 valence electrons. The molecule has 7 aromatic carbocycles. The molecule has 0 radical (unpaired) electrons. The first-order valence-electron chi connectivity index (χ1n) is 18.1. The third kappa shape index (κ3) is 6.01. The SMILES string of the molecule is C=C/C=C(\C=C/C)c1nc(-c2ccc(-c3ccc(-c4cc5c6c(cccc6c4)-c4ccccc4-5)cc3)cc2)cc(-c2cccc(-c3ccccc3)c2)n1. The summed E-state index contributed by atoms with van der Waals surface area (Å²) in [5, 5.41) is 2.64. The number of hydrogen-bond donors (Lipinski definition) is 0. The van der Waals surface area contributed by atoms with Crippen molar-refractivity contribution in [2.75, 3.05) is 0 Å². The van der Waals surface area contributed by atoms with Crippen LogP contribution >= 0.6 is 0 Å². The summed E-state index contributed by atoms with van der Waals surface area (Å²) in [5.41, 5.74) is 17.1. The van der Waals surface area contributed by atoms with Gasteiger partial charge >= 0.3 is 0 Å². The highest BCUT2D eigenvalue weighted by Crippen LogP contribution is 2.48. The van der Waals surface area contributed by atoms with E-state index in [-0.39, 0.29) is 0 Å². The Bertz CT molecular complexity index is 2720. The average molecular weight is 677 g/mol. The summed E-state index contributed by atoms with van der Waals surface area (Å²) in [7, 11) is 0. The summed E-state index contributed by atoms with van der Waals surface area (Å²) in [5.74, 6) is 0.659. The van der Waals surface area contributed by atoms with E-state index < -0.39 is 0 Å². The zero-order valence-corrected chi connectivity index (χ0v) is 29.5. The van der Waals surface area contributed by atoms with Gasteiger partial charge in [0.1, 0.15) is 0 Å². The Morgan fingerprint density at radius 2 is 1.00 bits per heavy atom. The molecule has 9 rings (SSSR count). The molecule has 2 nitrogen and oxygen atoms in total. The zero-order chi connectivity index (χ0) is 35.7. The number of allylic oxidation sites excluding steroid dienone is 5. The van der Waals surface area contributed by atoms with Gasteiger partial charge in [-0.2, -0.15) is 0 Å². The van der Waals surface area contributed by atoms with Gasteiger partial charge in [0, 0.05) is 16.7 Å². The van der Waals surface area contributed by atoms with Gasteiger partial charge in [-0.05, 0) is 97.6 Å². The van der Waals surface area contributed by atoms with Crippen LogP contribution in [0.5, 0.6) is 0 Å². The van der Waals surface area contributed by atoms with Crippen molar-refractivity contribution in [1.82, 2.24) is 9.97 Å². The largest absolute Gasteiger partial charge is 0.228 e. The highest BCUT2D eigenvalue weighted by molar-refractivity contribution is 6.16. The molecular weight excluding hydrogens is 641 g/mol. The van der Waals surface area contributed by atoms with Crippen LogP contribution in [-0.4, -0.2) is 9.97 Å². The van der Waals surface area contributed by atoms with E-state index in [0.717, 1.165) is 39.2 Å². The summed E-state index contributed by atoms with van der Waals surface area (Å²) in [4.78, 5) is 10.1. The van der Waals surface area contributed by atoms with E-state index in [9.17, 15) is 0 Å². The van der Waals surface area contributed by atoms with Gasteiger partial charge in [0.15, 0.2) is 5.82 Å². The number of nitrogens with zero attached hydrogens (tertiary/aromatic N) is 2. The first kappa shape index (κ1) is 32.0. The predicted molar refractivity (Wildman–Crippen MR) is 224 cm³/mol. The number of fused-ring (bicyclic) bond motifs is 3. The quantitative estimate of drug-likeness (QED) is 0.150. The molecule has 2 heteroatoms. The lowest BCUT2D eigenvalue weighted by Gasteiger charge is -2.12. The first-order chi connectivity index (χ1) is 26.2. The van der Waals surface area contributed by atoms with E-state index in [1.165, 1.54) is 55.3 Å². The molecule has 0 saturated heterocycles. The van der Waals surface area contributed by atoms with Crippen molar-refractivity contribution in [3.63, 3.8) is 0 Å². The van der Waals surface area contributed by atoms with Crippen LogP contribution in [0.15, 0.2) is 195 Å². The average Bonchev–Trinajstić information content (AvgIpc) is 3.55. The molecule has 1 heterocycles. The van der Waals surface area contributed by atoms with Crippen molar-refractivity contribution >= 4 is 16.3 Å². The maximum atomic E-state index is 5.07. The standard InChI is InChI=1S/C51H36N2/c1-3-12-39(13-4-2)51-52-48(33-49(53-51)41-17-10-16-40(30-41)34-14-6-5-7-15-34)38-28-26-36(27-29-38)35-22-24-37(25-23-35)43-31-42-18-11-21-46-44-19-8-9-20-45(44)47(32-43)50(42)46/h3-33H,1H2,2H3/b13-4-,39-12+. The molecule has 1 aliphatic carbocycles. The maximum Gasteiger partial charge on any atom is 0.160 e. The summed E-state index contributed by atoms with van der Waals surface area (Å²) in [6.45, 7) is 5.94. The lowest BCUT2D eigenvalue weighted by Crippen LogP contribution is -1.98. The van der Waals surface area contributed by atoms with Crippen LogP contribution in [0, 0.1) is 0 Å². The summed E-state index contributed by atoms with van der Waals surface area (Å²) in [6, 6.07) is 58.8. The van der Waals surface area contributed by atoms with Crippen LogP contribution in [0.25, 0.3) is 94.5 Å². The summed E-state index contributed by atoms with van der Waals surface area (Å²) >= 11 is 0. The van der Waals surface area contributed by atoms with Crippen molar-refractivity contribution in [3.8, 4) is 78.1 Å². The Morgan fingerprint density at radius 3 is 1.70 bits per heavy atom. The molecule has 8 aromatic rings.